The van der Waals surface area contributed by atoms with Crippen molar-refractivity contribution in [2.24, 2.45) is 0 Å². The van der Waals surface area contributed by atoms with E-state index >= 15 is 0 Å². The SMILES string of the molecule is CCCCCCCC[Si](CCCCCCCC)(CCCCCCCC)OC(=O)CCC. The van der Waals surface area contributed by atoms with Gasteiger partial charge >= 0.3 is 0 Å². The number of unbranched alkanes of at least 4 members (excludes halogenated alkanes) is 15. The Balaban J connectivity index is 4.82. The van der Waals surface area contributed by atoms with Crippen LogP contribution in [0.3, 0.4) is 0 Å². The fourth-order valence-electron chi connectivity index (χ4n) is 4.71. The van der Waals surface area contributed by atoms with Crippen LogP contribution >= 0.6 is 0 Å². The molecule has 0 aliphatic carbocycles. The van der Waals surface area contributed by atoms with Crippen LogP contribution in [0.5, 0.6) is 0 Å². The lowest BCUT2D eigenvalue weighted by Crippen LogP contribution is -2.40. The molecule has 0 aromatic carbocycles. The second-order valence-corrected chi connectivity index (χ2v) is 14.0. The molecule has 0 saturated carbocycles. The molecule has 2 nitrogen and oxygen atoms in total. The smallest absolute Gasteiger partial charge is 0.292 e. The molecule has 0 spiro atoms. The molecule has 0 aromatic rings. The van der Waals surface area contributed by atoms with Crippen LogP contribution in [0, 0.1) is 0 Å². The Kier molecular flexibility index (Phi) is 22.6. The first-order valence-electron chi connectivity index (χ1n) is 14.4. The fourth-order valence-corrected chi connectivity index (χ4v) is 9.03. The third kappa shape index (κ3) is 18.9. The van der Waals surface area contributed by atoms with Gasteiger partial charge in [0, 0.05) is 6.42 Å². The van der Waals surface area contributed by atoms with Gasteiger partial charge in [-0.25, -0.2) is 0 Å². The van der Waals surface area contributed by atoms with Gasteiger partial charge in [-0.3, -0.25) is 4.79 Å². The number of hydrogen-bond acceptors (Lipinski definition) is 2. The zero-order valence-corrected chi connectivity index (χ0v) is 23.1. The van der Waals surface area contributed by atoms with E-state index in [1.807, 2.05) is 0 Å². The number of carbonyl (C=O) groups is 1. The van der Waals surface area contributed by atoms with E-state index in [2.05, 4.69) is 27.7 Å². The highest BCUT2D eigenvalue weighted by atomic mass is 28.4. The summed E-state index contributed by atoms with van der Waals surface area (Å²) >= 11 is 0. The van der Waals surface area contributed by atoms with Crippen molar-refractivity contribution in [3.63, 3.8) is 0 Å². The van der Waals surface area contributed by atoms with Crippen LogP contribution in [0.4, 0.5) is 0 Å². The Hall–Kier alpha value is -0.313. The lowest BCUT2D eigenvalue weighted by atomic mass is 10.1. The predicted octanol–water partition coefficient (Wildman–Crippen LogP) is 10.4. The van der Waals surface area contributed by atoms with Crippen molar-refractivity contribution in [2.45, 2.75) is 174 Å². The average molecular weight is 455 g/mol. The van der Waals surface area contributed by atoms with Gasteiger partial charge in [-0.15, -0.1) is 0 Å². The molecule has 0 rings (SSSR count). The first-order chi connectivity index (χ1) is 15.1. The van der Waals surface area contributed by atoms with Crippen LogP contribution in [0.15, 0.2) is 0 Å². The van der Waals surface area contributed by atoms with Gasteiger partial charge in [-0.2, -0.15) is 0 Å². The minimum Gasteiger partial charge on any atom is -0.519 e. The summed E-state index contributed by atoms with van der Waals surface area (Å²) in [5, 5.41) is 0. The Morgan fingerprint density at radius 1 is 0.484 bits per heavy atom. The van der Waals surface area contributed by atoms with Crippen molar-refractivity contribution in [3.8, 4) is 0 Å². The van der Waals surface area contributed by atoms with Gasteiger partial charge in [-0.05, 0) is 24.6 Å². The molecule has 0 aliphatic heterocycles. The predicted molar refractivity (Wildman–Crippen MR) is 141 cm³/mol. The summed E-state index contributed by atoms with van der Waals surface area (Å²) in [6.07, 6.45) is 25.5. The summed E-state index contributed by atoms with van der Waals surface area (Å²) in [5.41, 5.74) is 0. The number of rotatable bonds is 24. The highest BCUT2D eigenvalue weighted by molar-refractivity contribution is 6.75. The Morgan fingerprint density at radius 2 is 0.806 bits per heavy atom. The molecule has 31 heavy (non-hydrogen) atoms. The van der Waals surface area contributed by atoms with Crippen LogP contribution in [-0.2, 0) is 9.22 Å². The number of carbonyl (C=O) groups excluding carboxylic acids is 1. The van der Waals surface area contributed by atoms with Crippen LogP contribution in [0.25, 0.3) is 0 Å². The Morgan fingerprint density at radius 3 is 1.13 bits per heavy atom. The summed E-state index contributed by atoms with van der Waals surface area (Å²) in [6.45, 7) is 8.95. The van der Waals surface area contributed by atoms with E-state index < -0.39 is 8.32 Å². The molecule has 0 radical (unpaired) electrons. The van der Waals surface area contributed by atoms with E-state index in [0.29, 0.717) is 6.42 Å². The summed E-state index contributed by atoms with van der Waals surface area (Å²) in [7, 11) is -1.95. The second kappa shape index (κ2) is 22.9. The zero-order valence-electron chi connectivity index (χ0n) is 22.1. The molecule has 0 fully saturated rings. The highest BCUT2D eigenvalue weighted by Gasteiger charge is 2.36. The van der Waals surface area contributed by atoms with E-state index in [4.69, 9.17) is 4.43 Å². The molecule has 0 N–H and O–H groups in total. The van der Waals surface area contributed by atoms with E-state index in [9.17, 15) is 4.79 Å². The van der Waals surface area contributed by atoms with Crippen LogP contribution in [-0.4, -0.2) is 14.3 Å². The lowest BCUT2D eigenvalue weighted by Gasteiger charge is -2.32. The van der Waals surface area contributed by atoms with Gasteiger partial charge in [0.1, 0.15) is 0 Å². The minimum atomic E-state index is -1.95. The summed E-state index contributed by atoms with van der Waals surface area (Å²) in [4.78, 5) is 12.6. The first-order valence-corrected chi connectivity index (χ1v) is 16.9. The van der Waals surface area contributed by atoms with Gasteiger partial charge in [-0.1, -0.05) is 143 Å². The van der Waals surface area contributed by atoms with Crippen molar-refractivity contribution in [1.29, 1.82) is 0 Å². The molecular formula is C28H58O2Si. The topological polar surface area (TPSA) is 26.3 Å². The fraction of sp³-hybridized carbons (Fsp3) is 0.964. The van der Waals surface area contributed by atoms with Gasteiger partial charge in [0.15, 0.2) is 0 Å². The quantitative estimate of drug-likeness (QED) is 0.107. The van der Waals surface area contributed by atoms with Crippen molar-refractivity contribution >= 4 is 14.3 Å². The molecule has 0 heterocycles. The molecule has 0 unspecified atom stereocenters. The maximum atomic E-state index is 12.6. The normalized spacial score (nSPS) is 11.7. The van der Waals surface area contributed by atoms with Crippen molar-refractivity contribution in [3.05, 3.63) is 0 Å². The van der Waals surface area contributed by atoms with E-state index in [1.165, 1.54) is 134 Å². The van der Waals surface area contributed by atoms with Crippen LogP contribution in [0.1, 0.15) is 156 Å². The number of hydrogen-bond donors (Lipinski definition) is 0. The third-order valence-corrected chi connectivity index (χ3v) is 11.2. The summed E-state index contributed by atoms with van der Waals surface area (Å²) in [6, 6.07) is 3.66. The van der Waals surface area contributed by atoms with E-state index in [0.717, 1.165) is 6.42 Å². The monoisotopic (exact) mass is 454 g/mol. The molecule has 0 atom stereocenters. The van der Waals surface area contributed by atoms with Gasteiger partial charge in [0.2, 0.25) is 0 Å². The Labute approximate surface area is 197 Å². The summed E-state index contributed by atoms with van der Waals surface area (Å²) < 4.78 is 6.46. The van der Waals surface area contributed by atoms with Gasteiger partial charge < -0.3 is 4.43 Å². The highest BCUT2D eigenvalue weighted by Crippen LogP contribution is 2.31. The van der Waals surface area contributed by atoms with Crippen molar-refractivity contribution in [1.82, 2.24) is 0 Å². The second-order valence-electron chi connectivity index (χ2n) is 9.96. The maximum absolute atomic E-state index is 12.6. The van der Waals surface area contributed by atoms with Gasteiger partial charge in [0.25, 0.3) is 14.3 Å². The molecule has 0 aromatic heterocycles. The molecule has 0 saturated heterocycles. The third-order valence-electron chi connectivity index (χ3n) is 6.74. The molecule has 186 valence electrons. The Bertz CT molecular complexity index is 342. The molecular weight excluding hydrogens is 396 g/mol. The van der Waals surface area contributed by atoms with Crippen LogP contribution < -0.4 is 0 Å². The zero-order chi connectivity index (χ0) is 23.0. The van der Waals surface area contributed by atoms with Crippen LogP contribution in [0.2, 0.25) is 18.1 Å². The first kappa shape index (κ1) is 30.7. The molecule has 0 aliphatic rings. The minimum absolute atomic E-state index is 0.108. The molecule has 0 amide bonds. The lowest BCUT2D eigenvalue weighted by molar-refractivity contribution is -0.135. The average Bonchev–Trinajstić information content (AvgIpc) is 2.75. The largest absolute Gasteiger partial charge is 0.519 e. The van der Waals surface area contributed by atoms with Gasteiger partial charge in [0.05, 0.1) is 0 Å². The molecule has 0 bridgehead atoms. The van der Waals surface area contributed by atoms with E-state index in [1.54, 1.807) is 0 Å². The van der Waals surface area contributed by atoms with Crippen molar-refractivity contribution in [2.75, 3.05) is 0 Å². The van der Waals surface area contributed by atoms with E-state index in [-0.39, 0.29) is 5.97 Å². The summed E-state index contributed by atoms with van der Waals surface area (Å²) in [5.74, 6) is 0.108. The standard InChI is InChI=1S/C28H58O2Si/c1-5-9-12-15-18-21-25-31(30-28(29)24-8-4,26-22-19-16-13-10-6-2)27-23-20-17-14-11-7-3/h5-27H2,1-4H3. The molecule has 3 heteroatoms. The maximum Gasteiger partial charge on any atom is 0.292 e. The van der Waals surface area contributed by atoms with Crippen molar-refractivity contribution < 1.29 is 9.22 Å².